The average molecular weight is 562 g/mol. The second-order valence-electron chi connectivity index (χ2n) is 10.3. The Morgan fingerprint density at radius 2 is 1.34 bits per heavy atom. The number of halogens is 1. The van der Waals surface area contributed by atoms with Gasteiger partial charge in [-0.1, -0.05) is 96.5 Å². The Bertz CT molecular complexity index is 2510. The molecule has 0 bridgehead atoms. The monoisotopic (exact) mass is 561 g/mol. The van der Waals surface area contributed by atoms with E-state index in [1.165, 1.54) is 36.3 Å². The molecule has 0 fully saturated rings. The highest BCUT2D eigenvalue weighted by atomic mass is 35.5. The minimum atomic E-state index is 0.688. The lowest BCUT2D eigenvalue weighted by atomic mass is 10.0. The summed E-state index contributed by atoms with van der Waals surface area (Å²) in [5.41, 5.74) is 5.75. The summed E-state index contributed by atoms with van der Waals surface area (Å²) in [7, 11) is 0. The van der Waals surface area contributed by atoms with Gasteiger partial charge >= 0.3 is 0 Å². The Balaban J connectivity index is 1.48. The van der Waals surface area contributed by atoms with Crippen LogP contribution < -0.4 is 0 Å². The van der Waals surface area contributed by atoms with Crippen LogP contribution in [0.2, 0.25) is 5.02 Å². The predicted molar refractivity (Wildman–Crippen MR) is 175 cm³/mol. The highest BCUT2D eigenvalue weighted by Gasteiger charge is 2.22. The van der Waals surface area contributed by atoms with E-state index in [-0.39, 0.29) is 0 Å². The Labute approximate surface area is 243 Å². The summed E-state index contributed by atoms with van der Waals surface area (Å²) < 4.78 is 4.73. The lowest BCUT2D eigenvalue weighted by Gasteiger charge is -2.14. The summed E-state index contributed by atoms with van der Waals surface area (Å²) in [5.74, 6) is 0.797. The lowest BCUT2D eigenvalue weighted by Crippen LogP contribution is -2.03. The van der Waals surface area contributed by atoms with Gasteiger partial charge in [0.15, 0.2) is 5.82 Å². The summed E-state index contributed by atoms with van der Waals surface area (Å²) >= 11 is 8.46. The first-order valence-electron chi connectivity index (χ1n) is 13.5. The van der Waals surface area contributed by atoms with Crippen molar-refractivity contribution in [1.82, 2.24) is 14.5 Å². The zero-order chi connectivity index (χ0) is 27.1. The van der Waals surface area contributed by atoms with Gasteiger partial charge in [-0.25, -0.2) is 9.97 Å². The molecule has 192 valence electrons. The van der Waals surface area contributed by atoms with Crippen LogP contribution in [0.5, 0.6) is 0 Å². The number of thiophene rings is 1. The van der Waals surface area contributed by atoms with Gasteiger partial charge in [-0.3, -0.25) is 4.57 Å². The van der Waals surface area contributed by atoms with Crippen LogP contribution in [0.4, 0.5) is 0 Å². The molecule has 0 saturated heterocycles. The molecule has 9 aromatic rings. The zero-order valence-electron chi connectivity index (χ0n) is 21.7. The fraction of sp³-hybridized carbons (Fsp3) is 0. The molecule has 6 aromatic carbocycles. The summed E-state index contributed by atoms with van der Waals surface area (Å²) in [6.07, 6.45) is 0. The van der Waals surface area contributed by atoms with Crippen molar-refractivity contribution in [3.05, 3.63) is 126 Å². The SMILES string of the molecule is Clc1ccc2c3c4ccccc4ccc3n(-c3nc4ccccc4nc3-c3cccc4c3sc3ccccc34)c2c1. The van der Waals surface area contributed by atoms with E-state index in [1.54, 1.807) is 0 Å². The molecule has 0 spiro atoms. The van der Waals surface area contributed by atoms with Crippen LogP contribution in [0, 0.1) is 0 Å². The smallest absolute Gasteiger partial charge is 0.165 e. The first-order chi connectivity index (χ1) is 20.2. The maximum absolute atomic E-state index is 6.65. The van der Waals surface area contributed by atoms with Crippen LogP contribution in [0.25, 0.3) is 80.9 Å². The van der Waals surface area contributed by atoms with Gasteiger partial charge in [-0.2, -0.15) is 0 Å². The van der Waals surface area contributed by atoms with Crippen molar-refractivity contribution >= 4 is 86.7 Å². The molecular weight excluding hydrogens is 542 g/mol. The maximum Gasteiger partial charge on any atom is 0.165 e. The topological polar surface area (TPSA) is 30.7 Å². The predicted octanol–water partition coefficient (Wildman–Crippen LogP) is 10.6. The van der Waals surface area contributed by atoms with E-state index in [9.17, 15) is 0 Å². The molecule has 0 N–H and O–H groups in total. The summed E-state index contributed by atoms with van der Waals surface area (Å²) in [6, 6.07) is 42.3. The Morgan fingerprint density at radius 1 is 0.585 bits per heavy atom. The van der Waals surface area contributed by atoms with E-state index >= 15 is 0 Å². The molecule has 0 aliphatic carbocycles. The van der Waals surface area contributed by atoms with Gasteiger partial charge in [0.05, 0.1) is 22.1 Å². The number of rotatable bonds is 2. The van der Waals surface area contributed by atoms with Crippen LogP contribution in [-0.4, -0.2) is 14.5 Å². The van der Waals surface area contributed by atoms with Crippen molar-refractivity contribution in [3.8, 4) is 17.1 Å². The molecule has 0 amide bonds. The van der Waals surface area contributed by atoms with E-state index < -0.39 is 0 Å². The highest BCUT2D eigenvalue weighted by Crippen LogP contribution is 2.43. The van der Waals surface area contributed by atoms with Crippen molar-refractivity contribution in [2.75, 3.05) is 0 Å². The third-order valence-electron chi connectivity index (χ3n) is 8.04. The molecule has 3 heterocycles. The molecule has 41 heavy (non-hydrogen) atoms. The van der Waals surface area contributed by atoms with Crippen LogP contribution in [0.1, 0.15) is 0 Å². The second-order valence-corrected chi connectivity index (χ2v) is 11.8. The molecule has 3 aromatic heterocycles. The van der Waals surface area contributed by atoms with Crippen molar-refractivity contribution in [3.63, 3.8) is 0 Å². The van der Waals surface area contributed by atoms with Crippen LogP contribution in [-0.2, 0) is 0 Å². The molecule has 5 heteroatoms. The molecule has 0 aliphatic heterocycles. The van der Waals surface area contributed by atoms with Gasteiger partial charge in [0.2, 0.25) is 0 Å². The molecule has 0 unspecified atom stereocenters. The minimum absolute atomic E-state index is 0.688. The molecule has 0 saturated carbocycles. The molecule has 0 atom stereocenters. The van der Waals surface area contributed by atoms with Crippen LogP contribution >= 0.6 is 22.9 Å². The number of fused-ring (bicyclic) bond motifs is 9. The van der Waals surface area contributed by atoms with Crippen molar-refractivity contribution in [1.29, 1.82) is 0 Å². The van der Waals surface area contributed by atoms with Crippen molar-refractivity contribution < 1.29 is 0 Å². The van der Waals surface area contributed by atoms with Crippen LogP contribution in [0.15, 0.2) is 121 Å². The summed E-state index contributed by atoms with van der Waals surface area (Å²) in [5, 5.41) is 7.93. The summed E-state index contributed by atoms with van der Waals surface area (Å²) in [6.45, 7) is 0. The molecule has 0 aliphatic rings. The van der Waals surface area contributed by atoms with E-state index in [0.29, 0.717) is 5.02 Å². The standard InChI is InChI=1S/C36H20ClN3S/c37-22-17-18-26-31(20-22)40(30-19-16-21-8-1-2-9-23(21)33(26)30)36-34(38-28-13-4-5-14-29(28)39-36)27-12-7-11-25-24-10-3-6-15-32(24)41-35(25)27/h1-20H. The van der Waals surface area contributed by atoms with Gasteiger partial charge in [0, 0.05) is 41.5 Å². The first kappa shape index (κ1) is 23.0. The average Bonchev–Trinajstić information content (AvgIpc) is 3.56. The molecular formula is C36H20ClN3S. The number of para-hydroxylation sites is 2. The maximum atomic E-state index is 6.65. The zero-order valence-corrected chi connectivity index (χ0v) is 23.2. The van der Waals surface area contributed by atoms with Gasteiger partial charge in [0.1, 0.15) is 5.69 Å². The van der Waals surface area contributed by atoms with E-state index in [1.807, 2.05) is 47.7 Å². The molecule has 0 radical (unpaired) electrons. The van der Waals surface area contributed by atoms with Gasteiger partial charge in [-0.05, 0) is 47.2 Å². The highest BCUT2D eigenvalue weighted by molar-refractivity contribution is 7.26. The number of hydrogen-bond acceptors (Lipinski definition) is 3. The Morgan fingerprint density at radius 3 is 2.24 bits per heavy atom. The van der Waals surface area contributed by atoms with E-state index in [4.69, 9.17) is 21.6 Å². The van der Waals surface area contributed by atoms with E-state index in [2.05, 4.69) is 89.5 Å². The Kier molecular flexibility index (Phi) is 4.83. The summed E-state index contributed by atoms with van der Waals surface area (Å²) in [4.78, 5) is 10.6. The fourth-order valence-electron chi connectivity index (χ4n) is 6.25. The number of nitrogens with zero attached hydrogens (tertiary/aromatic N) is 3. The van der Waals surface area contributed by atoms with Gasteiger partial charge in [0.25, 0.3) is 0 Å². The fourth-order valence-corrected chi connectivity index (χ4v) is 7.63. The molecule has 3 nitrogen and oxygen atoms in total. The number of benzene rings is 6. The van der Waals surface area contributed by atoms with Crippen molar-refractivity contribution in [2.24, 2.45) is 0 Å². The third kappa shape index (κ3) is 3.32. The van der Waals surface area contributed by atoms with Crippen molar-refractivity contribution in [2.45, 2.75) is 0 Å². The normalized spacial score (nSPS) is 12.0. The van der Waals surface area contributed by atoms with Gasteiger partial charge < -0.3 is 0 Å². The van der Waals surface area contributed by atoms with E-state index in [0.717, 1.165) is 44.5 Å². The number of aromatic nitrogens is 3. The minimum Gasteiger partial charge on any atom is -0.292 e. The quantitative estimate of drug-likeness (QED) is 0.210. The van der Waals surface area contributed by atoms with Crippen LogP contribution in [0.3, 0.4) is 0 Å². The first-order valence-corrected chi connectivity index (χ1v) is 14.7. The lowest BCUT2D eigenvalue weighted by molar-refractivity contribution is 1.08. The molecule has 9 rings (SSSR count). The number of hydrogen-bond donors (Lipinski definition) is 0. The Hall–Kier alpha value is -4.77. The second kappa shape index (κ2) is 8.61. The third-order valence-corrected chi connectivity index (χ3v) is 9.50. The largest absolute Gasteiger partial charge is 0.292 e. The van der Waals surface area contributed by atoms with Gasteiger partial charge in [-0.15, -0.1) is 11.3 Å².